The van der Waals surface area contributed by atoms with Crippen molar-refractivity contribution in [3.8, 4) is 5.75 Å². The average molecular weight is 353 g/mol. The Morgan fingerprint density at radius 1 is 1.12 bits per heavy atom. The number of rotatable bonds is 3. The lowest BCUT2D eigenvalue weighted by Crippen LogP contribution is -2.58. The Bertz CT molecular complexity index is 860. The summed E-state index contributed by atoms with van der Waals surface area (Å²) in [7, 11) is 0. The predicted octanol–water partition coefficient (Wildman–Crippen LogP) is 2.47. The molecule has 1 heterocycles. The van der Waals surface area contributed by atoms with Crippen LogP contribution in [-0.4, -0.2) is 28.2 Å². The van der Waals surface area contributed by atoms with Gasteiger partial charge in [0, 0.05) is 6.21 Å². The molecule has 0 aromatic heterocycles. The summed E-state index contributed by atoms with van der Waals surface area (Å²) in [6.45, 7) is 1.94. The fraction of sp³-hybridized carbons (Fsp3) is 0.111. The Morgan fingerprint density at radius 2 is 1.76 bits per heavy atom. The molecule has 1 aliphatic heterocycles. The maximum Gasteiger partial charge on any atom is 0.251 e. The molecular weight excluding hydrogens is 338 g/mol. The topological polar surface area (TPSA) is 82.0 Å². The second-order valence-corrected chi connectivity index (χ2v) is 5.96. The Kier molecular flexibility index (Phi) is 4.58. The van der Waals surface area contributed by atoms with Crippen LogP contribution in [0.5, 0.6) is 5.75 Å². The molecule has 0 spiro atoms. The van der Waals surface area contributed by atoms with Gasteiger partial charge in [0.05, 0.1) is 11.4 Å². The Hall–Kier alpha value is -3.06. The molecule has 6 nitrogen and oxygen atoms in total. The maximum absolute atomic E-state index is 12.8. The SMILES string of the molecule is Cc1ccc(N2C(=O)[C@@H](C=Nc3ccc(O)cc3)C(=O)NC2=S)cc1. The molecular formula is C18H15N3O3S. The number of hydrogen-bond acceptors (Lipinski definition) is 5. The van der Waals surface area contributed by atoms with Gasteiger partial charge < -0.3 is 10.4 Å². The molecule has 2 aromatic rings. The van der Waals surface area contributed by atoms with E-state index in [0.717, 1.165) is 5.56 Å². The number of nitrogens with zero attached hydrogens (tertiary/aromatic N) is 2. The molecule has 1 saturated heterocycles. The number of aliphatic imine (C=N–C) groups is 1. The molecule has 126 valence electrons. The van der Waals surface area contributed by atoms with Crippen LogP contribution in [0, 0.1) is 12.8 Å². The van der Waals surface area contributed by atoms with Gasteiger partial charge in [0.15, 0.2) is 11.0 Å². The number of phenolic OH excluding ortho intramolecular Hbond substituents is 1. The minimum atomic E-state index is -1.08. The first kappa shape index (κ1) is 16.8. The van der Waals surface area contributed by atoms with Crippen molar-refractivity contribution in [2.75, 3.05) is 4.90 Å². The lowest BCUT2D eigenvalue weighted by Gasteiger charge is -2.30. The highest BCUT2D eigenvalue weighted by atomic mass is 32.1. The fourth-order valence-electron chi connectivity index (χ4n) is 2.36. The number of hydrogen-bond donors (Lipinski definition) is 2. The summed E-state index contributed by atoms with van der Waals surface area (Å²) in [6, 6.07) is 13.4. The largest absolute Gasteiger partial charge is 0.508 e. The van der Waals surface area contributed by atoms with Gasteiger partial charge in [-0.25, -0.2) is 0 Å². The van der Waals surface area contributed by atoms with Gasteiger partial charge in [-0.1, -0.05) is 17.7 Å². The molecule has 0 radical (unpaired) electrons. The lowest BCUT2D eigenvalue weighted by molar-refractivity contribution is -0.130. The zero-order valence-electron chi connectivity index (χ0n) is 13.3. The van der Waals surface area contributed by atoms with Crippen LogP contribution in [0.1, 0.15) is 5.56 Å². The van der Waals surface area contributed by atoms with E-state index in [0.29, 0.717) is 11.4 Å². The van der Waals surface area contributed by atoms with Crippen molar-refractivity contribution in [2.24, 2.45) is 10.9 Å². The number of anilines is 1. The molecule has 0 aliphatic carbocycles. The summed E-state index contributed by atoms with van der Waals surface area (Å²) in [4.78, 5) is 30.3. The molecule has 0 saturated carbocycles. The highest BCUT2D eigenvalue weighted by Gasteiger charge is 2.38. The number of phenols is 1. The molecule has 1 aliphatic rings. The first-order chi connectivity index (χ1) is 12.0. The number of nitrogens with one attached hydrogen (secondary N) is 1. The summed E-state index contributed by atoms with van der Waals surface area (Å²) in [5.41, 5.74) is 2.16. The molecule has 1 fully saturated rings. The molecule has 2 N–H and O–H groups in total. The standard InChI is InChI=1S/C18H15N3O3S/c1-11-2-6-13(7-3-11)21-17(24)15(16(23)20-18(21)25)10-19-12-4-8-14(22)9-5-12/h2-10,15,22H,1H3,(H,20,23,25)/t15-/m0/s1. The van der Waals surface area contributed by atoms with Crippen molar-refractivity contribution in [1.82, 2.24) is 5.32 Å². The van der Waals surface area contributed by atoms with E-state index in [2.05, 4.69) is 10.3 Å². The van der Waals surface area contributed by atoms with Crippen LogP contribution in [0.15, 0.2) is 53.5 Å². The zero-order valence-corrected chi connectivity index (χ0v) is 14.2. The van der Waals surface area contributed by atoms with Gasteiger partial charge in [0.25, 0.3) is 5.91 Å². The number of thiocarbonyl (C=S) groups is 1. The average Bonchev–Trinajstić information content (AvgIpc) is 2.57. The Morgan fingerprint density at radius 3 is 2.40 bits per heavy atom. The summed E-state index contributed by atoms with van der Waals surface area (Å²) < 4.78 is 0. The number of carbonyl (C=O) groups is 2. The molecule has 7 heteroatoms. The smallest absolute Gasteiger partial charge is 0.251 e. The third-order valence-electron chi connectivity index (χ3n) is 3.72. The van der Waals surface area contributed by atoms with Gasteiger partial charge in [0.2, 0.25) is 5.91 Å². The predicted molar refractivity (Wildman–Crippen MR) is 99.2 cm³/mol. The number of amides is 2. The van der Waals surface area contributed by atoms with Crippen LogP contribution in [0.4, 0.5) is 11.4 Å². The molecule has 3 rings (SSSR count). The van der Waals surface area contributed by atoms with E-state index in [1.165, 1.54) is 23.2 Å². The van der Waals surface area contributed by atoms with Gasteiger partial charge in [-0.05, 0) is 55.5 Å². The molecule has 2 amide bonds. The van der Waals surface area contributed by atoms with Gasteiger partial charge >= 0.3 is 0 Å². The third-order valence-corrected chi connectivity index (χ3v) is 4.00. The number of benzene rings is 2. The second kappa shape index (κ2) is 6.82. The molecule has 0 bridgehead atoms. The van der Waals surface area contributed by atoms with E-state index in [1.807, 2.05) is 19.1 Å². The van der Waals surface area contributed by atoms with Crippen LogP contribution < -0.4 is 10.2 Å². The van der Waals surface area contributed by atoms with E-state index in [4.69, 9.17) is 12.2 Å². The van der Waals surface area contributed by atoms with E-state index in [9.17, 15) is 14.7 Å². The molecule has 2 aromatic carbocycles. The summed E-state index contributed by atoms with van der Waals surface area (Å²) >= 11 is 5.14. The van der Waals surface area contributed by atoms with Crippen LogP contribution in [-0.2, 0) is 9.59 Å². The highest BCUT2D eigenvalue weighted by molar-refractivity contribution is 7.80. The number of aromatic hydroxyl groups is 1. The minimum absolute atomic E-state index is 0.0492. The third kappa shape index (κ3) is 3.56. The van der Waals surface area contributed by atoms with E-state index < -0.39 is 17.7 Å². The number of aryl methyl sites for hydroxylation is 1. The lowest BCUT2D eigenvalue weighted by atomic mass is 10.1. The molecule has 25 heavy (non-hydrogen) atoms. The van der Waals surface area contributed by atoms with Crippen molar-refractivity contribution in [1.29, 1.82) is 0 Å². The molecule has 1 atom stereocenters. The summed E-state index contributed by atoms with van der Waals surface area (Å²) in [5.74, 6) is -1.94. The Balaban J connectivity index is 1.87. The first-order valence-corrected chi connectivity index (χ1v) is 7.95. The highest BCUT2D eigenvalue weighted by Crippen LogP contribution is 2.22. The van der Waals surface area contributed by atoms with Crippen LogP contribution in [0.25, 0.3) is 0 Å². The van der Waals surface area contributed by atoms with Gasteiger partial charge in [-0.15, -0.1) is 0 Å². The van der Waals surface area contributed by atoms with Crippen molar-refractivity contribution < 1.29 is 14.7 Å². The normalized spacial score (nSPS) is 17.9. The quantitative estimate of drug-likeness (QED) is 0.504. The van der Waals surface area contributed by atoms with Crippen molar-refractivity contribution in [3.63, 3.8) is 0 Å². The van der Waals surface area contributed by atoms with Crippen LogP contribution in [0.3, 0.4) is 0 Å². The van der Waals surface area contributed by atoms with Crippen LogP contribution in [0.2, 0.25) is 0 Å². The summed E-state index contributed by atoms with van der Waals surface area (Å²) in [6.07, 6.45) is 1.28. The van der Waals surface area contributed by atoms with Crippen molar-refractivity contribution in [2.45, 2.75) is 6.92 Å². The van der Waals surface area contributed by atoms with Gasteiger partial charge in [0.1, 0.15) is 5.75 Å². The van der Waals surface area contributed by atoms with Crippen molar-refractivity contribution >= 4 is 46.7 Å². The van der Waals surface area contributed by atoms with Gasteiger partial charge in [-0.2, -0.15) is 0 Å². The minimum Gasteiger partial charge on any atom is -0.508 e. The first-order valence-electron chi connectivity index (χ1n) is 7.54. The zero-order chi connectivity index (χ0) is 18.0. The second-order valence-electron chi connectivity index (χ2n) is 5.58. The summed E-state index contributed by atoms with van der Waals surface area (Å²) in [5, 5.41) is 11.9. The Labute approximate surface area is 149 Å². The fourth-order valence-corrected chi connectivity index (χ4v) is 2.66. The molecule has 0 unspecified atom stereocenters. The maximum atomic E-state index is 12.8. The van der Waals surface area contributed by atoms with E-state index >= 15 is 0 Å². The van der Waals surface area contributed by atoms with E-state index in [-0.39, 0.29) is 10.9 Å². The van der Waals surface area contributed by atoms with Crippen molar-refractivity contribution in [3.05, 3.63) is 54.1 Å². The number of carbonyl (C=O) groups excluding carboxylic acids is 2. The monoisotopic (exact) mass is 353 g/mol. The van der Waals surface area contributed by atoms with Crippen LogP contribution >= 0.6 is 12.2 Å². The van der Waals surface area contributed by atoms with E-state index in [1.54, 1.807) is 24.3 Å². The van der Waals surface area contributed by atoms with Gasteiger partial charge in [-0.3, -0.25) is 19.5 Å².